The Hall–Kier alpha value is -3.40. The average molecular weight is 613 g/mol. The number of hydrogen-bond acceptors (Lipinski definition) is 4. The van der Waals surface area contributed by atoms with E-state index in [9.17, 15) is 18.0 Å². The molecule has 0 saturated heterocycles. The van der Waals surface area contributed by atoms with E-state index in [0.29, 0.717) is 22.8 Å². The molecule has 0 fully saturated rings. The van der Waals surface area contributed by atoms with Gasteiger partial charge in [0.25, 0.3) is 0 Å². The van der Waals surface area contributed by atoms with Gasteiger partial charge >= 0.3 is 10.2 Å². The number of benzene rings is 3. The third kappa shape index (κ3) is 8.80. The minimum Gasteiger partial charge on any atom is -0.354 e. The summed E-state index contributed by atoms with van der Waals surface area (Å²) in [5, 5.41) is 3.54. The van der Waals surface area contributed by atoms with E-state index in [-0.39, 0.29) is 24.8 Å². The fraction of sp³-hybridized carbons (Fsp3) is 0.375. The predicted molar refractivity (Wildman–Crippen MR) is 170 cm³/mol. The van der Waals surface area contributed by atoms with Crippen molar-refractivity contribution in [3.63, 3.8) is 0 Å². The van der Waals surface area contributed by atoms with Crippen molar-refractivity contribution < 1.29 is 18.0 Å². The van der Waals surface area contributed by atoms with Gasteiger partial charge in [-0.05, 0) is 60.2 Å². The summed E-state index contributed by atoms with van der Waals surface area (Å²) < 4.78 is 29.4. The smallest absolute Gasteiger partial charge is 0.304 e. The largest absolute Gasteiger partial charge is 0.354 e. The van der Waals surface area contributed by atoms with Gasteiger partial charge in [0.2, 0.25) is 11.8 Å². The second kappa shape index (κ2) is 14.7. The Morgan fingerprint density at radius 1 is 0.905 bits per heavy atom. The van der Waals surface area contributed by atoms with E-state index in [1.807, 2.05) is 63.2 Å². The second-order valence-corrected chi connectivity index (χ2v) is 13.6. The number of rotatable bonds is 13. The summed E-state index contributed by atoms with van der Waals surface area (Å²) in [6.45, 7) is 7.71. The van der Waals surface area contributed by atoms with Gasteiger partial charge in [-0.15, -0.1) is 0 Å². The number of carbonyl (C=O) groups excluding carboxylic acids is 2. The van der Waals surface area contributed by atoms with Crippen LogP contribution in [-0.2, 0) is 32.8 Å². The summed E-state index contributed by atoms with van der Waals surface area (Å²) in [5.74, 6) is -0.600. The summed E-state index contributed by atoms with van der Waals surface area (Å²) >= 11 is 6.12. The van der Waals surface area contributed by atoms with Crippen LogP contribution in [0.5, 0.6) is 0 Å². The van der Waals surface area contributed by atoms with Gasteiger partial charge in [-0.1, -0.05) is 80.0 Å². The molecule has 0 aromatic heterocycles. The minimum atomic E-state index is -4.06. The summed E-state index contributed by atoms with van der Waals surface area (Å²) in [7, 11) is -1.20. The number of anilines is 1. The predicted octanol–water partition coefficient (Wildman–Crippen LogP) is 4.98. The summed E-state index contributed by atoms with van der Waals surface area (Å²) in [6.07, 6.45) is 0.258. The molecule has 2 amide bonds. The number of hydrogen-bond donors (Lipinski definition) is 1. The highest BCUT2D eigenvalue weighted by Crippen LogP contribution is 2.26. The first-order chi connectivity index (χ1) is 19.8. The average Bonchev–Trinajstić information content (AvgIpc) is 2.95. The van der Waals surface area contributed by atoms with E-state index in [2.05, 4.69) is 5.32 Å². The van der Waals surface area contributed by atoms with Crippen molar-refractivity contribution in [2.24, 2.45) is 5.92 Å². The van der Waals surface area contributed by atoms with E-state index >= 15 is 0 Å². The van der Waals surface area contributed by atoms with Crippen LogP contribution in [-0.4, -0.2) is 62.7 Å². The molecule has 0 bridgehead atoms. The molecular weight excluding hydrogens is 572 g/mol. The molecule has 8 nitrogen and oxygen atoms in total. The van der Waals surface area contributed by atoms with E-state index in [1.54, 1.807) is 37.3 Å². The quantitative estimate of drug-likeness (QED) is 0.295. The van der Waals surface area contributed by atoms with E-state index in [0.717, 1.165) is 25.3 Å². The Balaban J connectivity index is 2.11. The fourth-order valence-corrected chi connectivity index (χ4v) is 5.69. The molecule has 0 radical (unpaired) electrons. The van der Waals surface area contributed by atoms with Crippen LogP contribution in [0.4, 0.5) is 5.69 Å². The van der Waals surface area contributed by atoms with Gasteiger partial charge in [0.05, 0.1) is 5.69 Å². The van der Waals surface area contributed by atoms with Gasteiger partial charge < -0.3 is 10.2 Å². The van der Waals surface area contributed by atoms with Crippen molar-refractivity contribution in [2.75, 3.05) is 31.5 Å². The Labute approximate surface area is 255 Å². The van der Waals surface area contributed by atoms with Crippen LogP contribution in [0.3, 0.4) is 0 Å². The van der Waals surface area contributed by atoms with Gasteiger partial charge in [-0.2, -0.15) is 12.7 Å². The summed E-state index contributed by atoms with van der Waals surface area (Å²) in [5.41, 5.74) is 3.61. The molecule has 0 aliphatic carbocycles. The van der Waals surface area contributed by atoms with Gasteiger partial charge in [0.1, 0.15) is 12.6 Å². The highest BCUT2D eigenvalue weighted by molar-refractivity contribution is 7.90. The van der Waals surface area contributed by atoms with E-state index < -0.39 is 28.7 Å². The first-order valence-electron chi connectivity index (χ1n) is 13.9. The Morgan fingerprint density at radius 3 is 2.14 bits per heavy atom. The Morgan fingerprint density at radius 2 is 1.55 bits per heavy atom. The second-order valence-electron chi connectivity index (χ2n) is 11.1. The van der Waals surface area contributed by atoms with Crippen LogP contribution >= 0.6 is 11.6 Å². The maximum Gasteiger partial charge on any atom is 0.304 e. The topological polar surface area (TPSA) is 90.0 Å². The molecular formula is C32H41ClN4O4S. The molecule has 0 aliphatic rings. The zero-order valence-corrected chi connectivity index (χ0v) is 26.7. The highest BCUT2D eigenvalue weighted by atomic mass is 35.5. The normalized spacial score (nSPS) is 12.3. The first-order valence-corrected chi connectivity index (χ1v) is 15.7. The minimum absolute atomic E-state index is 0.0885. The van der Waals surface area contributed by atoms with Gasteiger partial charge in [-0.25, -0.2) is 4.31 Å². The first kappa shape index (κ1) is 33.1. The molecule has 0 saturated carbocycles. The third-order valence-electron chi connectivity index (χ3n) is 6.87. The van der Waals surface area contributed by atoms with E-state index in [1.165, 1.54) is 19.0 Å². The standard InChI is InChI=1S/C32H41ClN4O4S/c1-23(2)20-34-32(39)30(19-26-10-8-7-9-11-26)36(21-27-14-16-28(33)17-15-27)31(38)22-37(42(40,41)35(5)6)29-18-24(3)12-13-25(29)4/h7-18,23,30H,19-22H2,1-6H3,(H,34,39)/t30-/m1/s1. The third-order valence-corrected chi connectivity index (χ3v) is 8.93. The molecule has 3 aromatic rings. The Bertz CT molecular complexity index is 1460. The van der Waals surface area contributed by atoms with Crippen molar-refractivity contribution in [3.8, 4) is 0 Å². The fourth-order valence-electron chi connectivity index (χ4n) is 4.45. The van der Waals surface area contributed by atoms with Crippen LogP contribution in [0.15, 0.2) is 72.8 Å². The molecule has 1 atom stereocenters. The number of nitrogens with one attached hydrogen (secondary N) is 1. The zero-order chi connectivity index (χ0) is 31.0. The Kier molecular flexibility index (Phi) is 11.6. The number of amides is 2. The van der Waals surface area contributed by atoms with Crippen LogP contribution in [0.25, 0.3) is 0 Å². The van der Waals surface area contributed by atoms with Crippen molar-refractivity contribution in [3.05, 3.63) is 100 Å². The molecule has 3 aromatic carbocycles. The molecule has 0 spiro atoms. The highest BCUT2D eigenvalue weighted by Gasteiger charge is 2.35. The lowest BCUT2D eigenvalue weighted by Crippen LogP contribution is -2.54. The number of halogens is 1. The molecule has 3 rings (SSSR count). The lowest BCUT2D eigenvalue weighted by atomic mass is 10.0. The van der Waals surface area contributed by atoms with Crippen LogP contribution in [0.1, 0.15) is 36.1 Å². The summed E-state index contributed by atoms with van der Waals surface area (Å²) in [4.78, 5) is 29.6. The number of nitrogens with zero attached hydrogens (tertiary/aromatic N) is 3. The van der Waals surface area contributed by atoms with Crippen molar-refractivity contribution in [2.45, 2.75) is 46.7 Å². The monoisotopic (exact) mass is 612 g/mol. The van der Waals surface area contributed by atoms with Gasteiger partial charge in [-0.3, -0.25) is 9.59 Å². The SMILES string of the molecule is Cc1ccc(C)c(N(CC(=O)N(Cc2ccc(Cl)cc2)[C@H](Cc2ccccc2)C(=O)NCC(C)C)S(=O)(=O)N(C)C)c1. The molecule has 1 N–H and O–H groups in total. The van der Waals surface area contributed by atoms with Gasteiger partial charge in [0.15, 0.2) is 0 Å². The lowest BCUT2D eigenvalue weighted by Gasteiger charge is -2.35. The lowest BCUT2D eigenvalue weighted by molar-refractivity contribution is -0.140. The molecule has 226 valence electrons. The summed E-state index contributed by atoms with van der Waals surface area (Å²) in [6, 6.07) is 21.1. The molecule has 0 heterocycles. The van der Waals surface area contributed by atoms with E-state index in [4.69, 9.17) is 11.6 Å². The van der Waals surface area contributed by atoms with Crippen molar-refractivity contribution >= 4 is 39.3 Å². The van der Waals surface area contributed by atoms with Crippen LogP contribution < -0.4 is 9.62 Å². The number of aryl methyl sites for hydroxylation is 2. The van der Waals surface area contributed by atoms with Crippen molar-refractivity contribution in [1.29, 1.82) is 0 Å². The number of carbonyl (C=O) groups is 2. The van der Waals surface area contributed by atoms with Crippen molar-refractivity contribution in [1.82, 2.24) is 14.5 Å². The maximum atomic E-state index is 14.3. The van der Waals surface area contributed by atoms with Crippen LogP contribution in [0.2, 0.25) is 5.02 Å². The van der Waals surface area contributed by atoms with Crippen LogP contribution in [0, 0.1) is 19.8 Å². The maximum absolute atomic E-state index is 14.3. The molecule has 10 heteroatoms. The molecule has 0 unspecified atom stereocenters. The zero-order valence-electron chi connectivity index (χ0n) is 25.2. The molecule has 0 aliphatic heterocycles. The molecule has 42 heavy (non-hydrogen) atoms. The van der Waals surface area contributed by atoms with Gasteiger partial charge in [0, 0.05) is 38.6 Å².